The number of nitriles is 1. The van der Waals surface area contributed by atoms with Crippen LogP contribution in [0.3, 0.4) is 0 Å². The highest BCUT2D eigenvalue weighted by molar-refractivity contribution is 6.01. The Balaban J connectivity index is 1.55. The number of carbonyl (C=O) groups is 3. The van der Waals surface area contributed by atoms with Gasteiger partial charge in [-0.25, -0.2) is 4.79 Å². The monoisotopic (exact) mass is 392 g/mol. The fourth-order valence-electron chi connectivity index (χ4n) is 2.97. The number of benzene rings is 2. The van der Waals surface area contributed by atoms with Gasteiger partial charge in [-0.05, 0) is 49.7 Å². The highest BCUT2D eigenvalue weighted by Gasteiger charge is 2.23. The summed E-state index contributed by atoms with van der Waals surface area (Å²) in [4.78, 5) is 38.0. The van der Waals surface area contributed by atoms with Crippen molar-refractivity contribution in [3.63, 3.8) is 0 Å². The Hall–Kier alpha value is -3.66. The van der Waals surface area contributed by atoms with Gasteiger partial charge in [-0.15, -0.1) is 0 Å². The topological polar surface area (TPSA) is 96.7 Å². The molecular formula is C22H20N2O5. The summed E-state index contributed by atoms with van der Waals surface area (Å²) in [5.74, 6) is -0.580. The minimum absolute atomic E-state index is 0.0369. The SMILES string of the molecule is C[C@@H](Oc1ccc(C#N)cc1)C(=O)OCC(=O)c1cccc(N2CCCC2=O)c1. The third-order valence-electron chi connectivity index (χ3n) is 4.53. The van der Waals surface area contributed by atoms with Crippen molar-refractivity contribution < 1.29 is 23.9 Å². The summed E-state index contributed by atoms with van der Waals surface area (Å²) in [5.41, 5.74) is 1.52. The van der Waals surface area contributed by atoms with Gasteiger partial charge in [0.05, 0.1) is 11.6 Å². The van der Waals surface area contributed by atoms with Crippen LogP contribution in [0.2, 0.25) is 0 Å². The second kappa shape index (κ2) is 9.02. The van der Waals surface area contributed by atoms with E-state index >= 15 is 0 Å². The van der Waals surface area contributed by atoms with Crippen LogP contribution < -0.4 is 9.64 Å². The number of amides is 1. The molecule has 1 fully saturated rings. The van der Waals surface area contributed by atoms with E-state index in [1.54, 1.807) is 53.4 Å². The average molecular weight is 392 g/mol. The molecule has 1 aliphatic rings. The van der Waals surface area contributed by atoms with Gasteiger partial charge in [0.2, 0.25) is 5.91 Å². The molecule has 0 N–H and O–H groups in total. The third kappa shape index (κ3) is 4.99. The highest BCUT2D eigenvalue weighted by Crippen LogP contribution is 2.22. The first-order valence-corrected chi connectivity index (χ1v) is 9.25. The second-order valence-corrected chi connectivity index (χ2v) is 6.63. The van der Waals surface area contributed by atoms with Crippen molar-refractivity contribution >= 4 is 23.3 Å². The molecule has 7 heteroatoms. The summed E-state index contributed by atoms with van der Waals surface area (Å²) in [6, 6.07) is 15.1. The van der Waals surface area contributed by atoms with Gasteiger partial charge < -0.3 is 14.4 Å². The molecule has 2 aromatic carbocycles. The maximum atomic E-state index is 12.4. The minimum Gasteiger partial charge on any atom is -0.479 e. The molecule has 2 aromatic rings. The van der Waals surface area contributed by atoms with Gasteiger partial charge >= 0.3 is 5.97 Å². The number of ether oxygens (including phenoxy) is 2. The summed E-state index contributed by atoms with van der Waals surface area (Å²) >= 11 is 0. The molecule has 0 aliphatic carbocycles. The lowest BCUT2D eigenvalue weighted by Gasteiger charge is -2.16. The molecule has 0 saturated carbocycles. The zero-order chi connectivity index (χ0) is 20.8. The molecule has 0 radical (unpaired) electrons. The molecule has 0 bridgehead atoms. The van der Waals surface area contributed by atoms with E-state index in [-0.39, 0.29) is 11.7 Å². The predicted octanol–water partition coefficient (Wildman–Crippen LogP) is 2.88. The minimum atomic E-state index is -0.913. The van der Waals surface area contributed by atoms with E-state index in [0.717, 1.165) is 6.42 Å². The third-order valence-corrected chi connectivity index (χ3v) is 4.53. The molecule has 1 aliphatic heterocycles. The molecular weight excluding hydrogens is 372 g/mol. The van der Waals surface area contributed by atoms with Crippen molar-refractivity contribution in [3.8, 4) is 11.8 Å². The van der Waals surface area contributed by atoms with Crippen molar-refractivity contribution in [3.05, 3.63) is 59.7 Å². The van der Waals surface area contributed by atoms with Crippen LogP contribution in [0.5, 0.6) is 5.75 Å². The first-order chi connectivity index (χ1) is 14.0. The normalized spacial score (nSPS) is 14.2. The smallest absolute Gasteiger partial charge is 0.347 e. The largest absolute Gasteiger partial charge is 0.479 e. The van der Waals surface area contributed by atoms with Crippen molar-refractivity contribution in [1.82, 2.24) is 0 Å². The van der Waals surface area contributed by atoms with Crippen LogP contribution in [-0.4, -0.2) is 36.9 Å². The fourth-order valence-corrected chi connectivity index (χ4v) is 2.97. The van der Waals surface area contributed by atoms with Gasteiger partial charge in [0.15, 0.2) is 18.5 Å². The number of Topliss-reactive ketones (excluding diaryl/α,β-unsaturated/α-hetero) is 1. The summed E-state index contributed by atoms with van der Waals surface area (Å²) in [6.45, 7) is 1.73. The van der Waals surface area contributed by atoms with Crippen LogP contribution in [0.15, 0.2) is 48.5 Å². The molecule has 7 nitrogen and oxygen atoms in total. The summed E-state index contributed by atoms with van der Waals surface area (Å²) in [6.07, 6.45) is 0.392. The Morgan fingerprint density at radius 2 is 1.97 bits per heavy atom. The van der Waals surface area contributed by atoms with Gasteiger partial charge in [0.25, 0.3) is 0 Å². The van der Waals surface area contributed by atoms with Gasteiger partial charge in [0.1, 0.15) is 5.75 Å². The van der Waals surface area contributed by atoms with Crippen molar-refractivity contribution in [2.45, 2.75) is 25.9 Å². The lowest BCUT2D eigenvalue weighted by molar-refractivity contribution is -0.149. The summed E-state index contributed by atoms with van der Waals surface area (Å²) < 4.78 is 10.5. The van der Waals surface area contributed by atoms with Gasteiger partial charge in [0, 0.05) is 24.2 Å². The van der Waals surface area contributed by atoms with Crippen LogP contribution in [-0.2, 0) is 14.3 Å². The lowest BCUT2D eigenvalue weighted by atomic mass is 10.1. The van der Waals surface area contributed by atoms with E-state index in [2.05, 4.69) is 0 Å². The van der Waals surface area contributed by atoms with E-state index in [0.29, 0.717) is 35.5 Å². The molecule has 148 valence electrons. The fraction of sp³-hybridized carbons (Fsp3) is 0.273. The maximum absolute atomic E-state index is 12.4. The first-order valence-electron chi connectivity index (χ1n) is 9.25. The predicted molar refractivity (Wildman–Crippen MR) is 105 cm³/mol. The van der Waals surface area contributed by atoms with Crippen LogP contribution in [0.4, 0.5) is 5.69 Å². The molecule has 29 heavy (non-hydrogen) atoms. The van der Waals surface area contributed by atoms with E-state index in [1.165, 1.54) is 6.92 Å². The average Bonchev–Trinajstić information content (AvgIpc) is 3.18. The zero-order valence-corrected chi connectivity index (χ0v) is 16.0. The van der Waals surface area contributed by atoms with E-state index in [4.69, 9.17) is 14.7 Å². The number of rotatable bonds is 7. The number of carbonyl (C=O) groups excluding carboxylic acids is 3. The number of nitrogens with zero attached hydrogens (tertiary/aromatic N) is 2. The molecule has 0 aromatic heterocycles. The highest BCUT2D eigenvalue weighted by atomic mass is 16.6. The van der Waals surface area contributed by atoms with E-state index in [9.17, 15) is 14.4 Å². The molecule has 0 unspecified atom stereocenters. The number of ketones is 1. The second-order valence-electron chi connectivity index (χ2n) is 6.63. The molecule has 1 amide bonds. The maximum Gasteiger partial charge on any atom is 0.347 e. The Kier molecular flexibility index (Phi) is 6.25. The Morgan fingerprint density at radius 1 is 1.21 bits per heavy atom. The van der Waals surface area contributed by atoms with Crippen LogP contribution in [0, 0.1) is 11.3 Å². The van der Waals surface area contributed by atoms with Gasteiger partial charge in [-0.3, -0.25) is 9.59 Å². The molecule has 1 atom stereocenters. The van der Waals surface area contributed by atoms with Crippen LogP contribution >= 0.6 is 0 Å². The van der Waals surface area contributed by atoms with Crippen LogP contribution in [0.25, 0.3) is 0 Å². The first kappa shape index (κ1) is 20.1. The molecule has 0 spiro atoms. The van der Waals surface area contributed by atoms with E-state index in [1.807, 2.05) is 6.07 Å². The number of esters is 1. The Labute approximate surface area is 168 Å². The van der Waals surface area contributed by atoms with Crippen molar-refractivity contribution in [1.29, 1.82) is 5.26 Å². The zero-order valence-electron chi connectivity index (χ0n) is 16.0. The number of hydrogen-bond acceptors (Lipinski definition) is 6. The summed E-state index contributed by atoms with van der Waals surface area (Å²) in [5, 5.41) is 8.79. The quantitative estimate of drug-likeness (QED) is 0.531. The lowest BCUT2D eigenvalue weighted by Crippen LogP contribution is -2.28. The number of hydrogen-bond donors (Lipinski definition) is 0. The molecule has 3 rings (SSSR count). The van der Waals surface area contributed by atoms with Crippen molar-refractivity contribution in [2.24, 2.45) is 0 Å². The standard InChI is InChI=1S/C22H20N2O5/c1-15(29-19-9-7-16(13-23)8-10-19)22(27)28-14-20(25)17-4-2-5-18(12-17)24-11-3-6-21(24)26/h2,4-5,7-10,12,15H,3,6,11,14H2,1H3/t15-/m1/s1. The summed E-state index contributed by atoms with van der Waals surface area (Å²) in [7, 11) is 0. The van der Waals surface area contributed by atoms with Crippen molar-refractivity contribution in [2.75, 3.05) is 18.1 Å². The van der Waals surface area contributed by atoms with Gasteiger partial charge in [-0.2, -0.15) is 5.26 Å². The molecule has 1 heterocycles. The Bertz CT molecular complexity index is 962. The van der Waals surface area contributed by atoms with Gasteiger partial charge in [-0.1, -0.05) is 12.1 Å². The Morgan fingerprint density at radius 3 is 2.62 bits per heavy atom. The van der Waals surface area contributed by atoms with E-state index < -0.39 is 18.7 Å². The number of anilines is 1. The van der Waals surface area contributed by atoms with Crippen LogP contribution in [0.1, 0.15) is 35.7 Å². The molecule has 1 saturated heterocycles.